The van der Waals surface area contributed by atoms with Crippen molar-refractivity contribution in [2.45, 2.75) is 45.8 Å². The summed E-state index contributed by atoms with van der Waals surface area (Å²) in [5, 5.41) is 2.70. The Bertz CT molecular complexity index is 169. The first-order valence-electron chi connectivity index (χ1n) is 4.54. The summed E-state index contributed by atoms with van der Waals surface area (Å²) in [5.74, 6) is 0. The topological polar surface area (TPSA) is 64.3 Å². The van der Waals surface area contributed by atoms with Gasteiger partial charge in [-0.05, 0) is 40.7 Å². The fourth-order valence-electron chi connectivity index (χ4n) is 0.831. The molecule has 0 spiro atoms. The van der Waals surface area contributed by atoms with Gasteiger partial charge in [0, 0.05) is 6.04 Å². The van der Waals surface area contributed by atoms with Gasteiger partial charge >= 0.3 is 6.09 Å². The van der Waals surface area contributed by atoms with Crippen LogP contribution >= 0.6 is 12.4 Å². The highest BCUT2D eigenvalue weighted by Gasteiger charge is 2.16. The predicted molar refractivity (Wildman–Crippen MR) is 59.8 cm³/mol. The van der Waals surface area contributed by atoms with Crippen LogP contribution in [0.5, 0.6) is 0 Å². The second kappa shape index (κ2) is 6.90. The molecule has 0 fully saturated rings. The zero-order valence-electron chi connectivity index (χ0n) is 9.29. The Balaban J connectivity index is 0. The minimum absolute atomic E-state index is 0. The number of hydrogen-bond acceptors (Lipinski definition) is 3. The Labute approximate surface area is 92.0 Å². The summed E-state index contributed by atoms with van der Waals surface area (Å²) >= 11 is 0. The van der Waals surface area contributed by atoms with Crippen LogP contribution in [0.2, 0.25) is 0 Å². The number of hydrogen-bond donors (Lipinski definition) is 2. The smallest absolute Gasteiger partial charge is 0.407 e. The van der Waals surface area contributed by atoms with Gasteiger partial charge < -0.3 is 15.8 Å². The van der Waals surface area contributed by atoms with E-state index in [-0.39, 0.29) is 24.5 Å². The Morgan fingerprint density at radius 1 is 1.50 bits per heavy atom. The Morgan fingerprint density at radius 3 is 2.36 bits per heavy atom. The number of ether oxygens (including phenoxy) is 1. The van der Waals surface area contributed by atoms with Gasteiger partial charge in [0.05, 0.1) is 0 Å². The molecule has 0 aromatic heterocycles. The van der Waals surface area contributed by atoms with E-state index in [0.29, 0.717) is 6.54 Å². The molecule has 0 aliphatic heterocycles. The van der Waals surface area contributed by atoms with E-state index < -0.39 is 5.60 Å². The molecule has 14 heavy (non-hydrogen) atoms. The molecule has 0 aromatic rings. The van der Waals surface area contributed by atoms with E-state index in [2.05, 4.69) is 5.32 Å². The highest BCUT2D eigenvalue weighted by atomic mass is 35.5. The van der Waals surface area contributed by atoms with Crippen LogP contribution in [0.1, 0.15) is 34.1 Å². The van der Waals surface area contributed by atoms with Crippen molar-refractivity contribution in [1.29, 1.82) is 0 Å². The number of alkyl carbamates (subject to hydrolysis) is 1. The van der Waals surface area contributed by atoms with Gasteiger partial charge in [0.25, 0.3) is 0 Å². The highest BCUT2D eigenvalue weighted by molar-refractivity contribution is 5.85. The van der Waals surface area contributed by atoms with Gasteiger partial charge in [0.2, 0.25) is 0 Å². The molecule has 0 rings (SSSR count). The lowest BCUT2D eigenvalue weighted by molar-refractivity contribution is 0.0507. The van der Waals surface area contributed by atoms with Crippen LogP contribution in [-0.2, 0) is 4.74 Å². The van der Waals surface area contributed by atoms with E-state index >= 15 is 0 Å². The summed E-state index contributed by atoms with van der Waals surface area (Å²) in [6.07, 6.45) is 0.382. The normalized spacial score (nSPS) is 12.6. The minimum Gasteiger partial charge on any atom is -0.444 e. The molecule has 0 aliphatic rings. The molecule has 4 nitrogen and oxygen atoms in total. The van der Waals surface area contributed by atoms with Crippen LogP contribution in [0.4, 0.5) is 4.79 Å². The maximum Gasteiger partial charge on any atom is 0.407 e. The first-order chi connectivity index (χ1) is 5.85. The lowest BCUT2D eigenvalue weighted by Crippen LogP contribution is -2.38. The summed E-state index contributed by atoms with van der Waals surface area (Å²) in [6.45, 7) is 7.97. The fourth-order valence-corrected chi connectivity index (χ4v) is 0.831. The molecule has 86 valence electrons. The quantitative estimate of drug-likeness (QED) is 0.767. The lowest BCUT2D eigenvalue weighted by Gasteiger charge is -2.21. The van der Waals surface area contributed by atoms with Crippen molar-refractivity contribution >= 4 is 18.5 Å². The first-order valence-corrected chi connectivity index (χ1v) is 4.54. The number of nitrogens with two attached hydrogens (primary N) is 1. The number of halogens is 1. The third kappa shape index (κ3) is 9.61. The van der Waals surface area contributed by atoms with Gasteiger partial charge in [-0.1, -0.05) is 0 Å². The molecule has 0 radical (unpaired) electrons. The van der Waals surface area contributed by atoms with Gasteiger partial charge in [0.15, 0.2) is 0 Å². The molecule has 0 unspecified atom stereocenters. The zero-order valence-corrected chi connectivity index (χ0v) is 10.1. The van der Waals surface area contributed by atoms with Crippen LogP contribution in [0, 0.1) is 0 Å². The van der Waals surface area contributed by atoms with Crippen molar-refractivity contribution in [2.75, 3.05) is 6.54 Å². The largest absolute Gasteiger partial charge is 0.444 e. The van der Waals surface area contributed by atoms with E-state index in [1.54, 1.807) is 0 Å². The molecule has 0 saturated heterocycles. The maximum absolute atomic E-state index is 11.2. The molecule has 0 aliphatic carbocycles. The number of amides is 1. The Kier molecular flexibility index (Phi) is 7.87. The average Bonchev–Trinajstić information content (AvgIpc) is 1.81. The van der Waals surface area contributed by atoms with E-state index in [1.807, 2.05) is 27.7 Å². The predicted octanol–water partition coefficient (Wildman–Crippen LogP) is 1.67. The van der Waals surface area contributed by atoms with Gasteiger partial charge in [-0.25, -0.2) is 4.79 Å². The SMILES string of the molecule is C[C@@H](CCN)NC(=O)OC(C)(C)C.Cl. The standard InChI is InChI=1S/C9H20N2O2.ClH/c1-7(5-6-10)11-8(12)13-9(2,3)4;/h7H,5-6,10H2,1-4H3,(H,11,12);1H/t7-;/m0./s1. The van der Waals surface area contributed by atoms with E-state index in [0.717, 1.165) is 6.42 Å². The van der Waals surface area contributed by atoms with E-state index in [9.17, 15) is 4.79 Å². The van der Waals surface area contributed by atoms with Gasteiger partial charge in [0.1, 0.15) is 5.60 Å². The second-order valence-corrected chi connectivity index (χ2v) is 4.12. The van der Waals surface area contributed by atoms with E-state index in [1.165, 1.54) is 0 Å². The molecule has 0 bridgehead atoms. The molecular formula is C9H21ClN2O2. The van der Waals surface area contributed by atoms with Crippen molar-refractivity contribution in [3.8, 4) is 0 Å². The van der Waals surface area contributed by atoms with Crippen LogP contribution in [0.25, 0.3) is 0 Å². The molecular weight excluding hydrogens is 204 g/mol. The van der Waals surface area contributed by atoms with Gasteiger partial charge in [-0.15, -0.1) is 12.4 Å². The summed E-state index contributed by atoms with van der Waals surface area (Å²) in [5.41, 5.74) is 4.90. The number of carbonyl (C=O) groups excluding carboxylic acids is 1. The number of rotatable bonds is 3. The molecule has 1 atom stereocenters. The lowest BCUT2D eigenvalue weighted by atomic mass is 10.2. The first kappa shape index (κ1) is 16.0. The Morgan fingerprint density at radius 2 is 2.00 bits per heavy atom. The molecule has 3 N–H and O–H groups in total. The fraction of sp³-hybridized carbons (Fsp3) is 0.889. The van der Waals surface area contributed by atoms with Crippen molar-refractivity contribution in [3.05, 3.63) is 0 Å². The van der Waals surface area contributed by atoms with Crippen LogP contribution < -0.4 is 11.1 Å². The third-order valence-corrected chi connectivity index (χ3v) is 1.36. The molecule has 5 heteroatoms. The molecule has 1 amide bonds. The highest BCUT2D eigenvalue weighted by Crippen LogP contribution is 2.06. The zero-order chi connectivity index (χ0) is 10.5. The molecule has 0 saturated carbocycles. The number of nitrogens with one attached hydrogen (secondary N) is 1. The molecule has 0 aromatic carbocycles. The van der Waals surface area contributed by atoms with E-state index in [4.69, 9.17) is 10.5 Å². The van der Waals surface area contributed by atoms with Crippen molar-refractivity contribution in [1.82, 2.24) is 5.32 Å². The van der Waals surface area contributed by atoms with Crippen LogP contribution in [0.15, 0.2) is 0 Å². The monoisotopic (exact) mass is 224 g/mol. The summed E-state index contributed by atoms with van der Waals surface area (Å²) in [4.78, 5) is 11.2. The summed E-state index contributed by atoms with van der Waals surface area (Å²) in [6, 6.07) is 0.0693. The minimum atomic E-state index is -0.438. The van der Waals surface area contributed by atoms with Crippen molar-refractivity contribution < 1.29 is 9.53 Å². The van der Waals surface area contributed by atoms with Crippen LogP contribution in [0.3, 0.4) is 0 Å². The summed E-state index contributed by atoms with van der Waals surface area (Å²) < 4.78 is 5.06. The van der Waals surface area contributed by atoms with Crippen molar-refractivity contribution in [3.63, 3.8) is 0 Å². The van der Waals surface area contributed by atoms with Crippen LogP contribution in [-0.4, -0.2) is 24.3 Å². The molecule has 0 heterocycles. The van der Waals surface area contributed by atoms with Gasteiger partial charge in [-0.2, -0.15) is 0 Å². The number of carbonyl (C=O) groups is 1. The third-order valence-electron chi connectivity index (χ3n) is 1.36. The Hall–Kier alpha value is -0.480. The van der Waals surface area contributed by atoms with Crippen molar-refractivity contribution in [2.24, 2.45) is 5.73 Å². The average molecular weight is 225 g/mol. The second-order valence-electron chi connectivity index (χ2n) is 4.12. The van der Waals surface area contributed by atoms with Gasteiger partial charge in [-0.3, -0.25) is 0 Å². The maximum atomic E-state index is 11.2. The summed E-state index contributed by atoms with van der Waals surface area (Å²) in [7, 11) is 0.